The summed E-state index contributed by atoms with van der Waals surface area (Å²) in [5, 5.41) is 3.00. The van der Waals surface area contributed by atoms with Crippen LogP contribution in [0.1, 0.15) is 52.4 Å². The second-order valence-corrected chi connectivity index (χ2v) is 5.29. The predicted molar refractivity (Wildman–Crippen MR) is 70.6 cm³/mol. The average Bonchev–Trinajstić information content (AvgIpc) is 2.38. The summed E-state index contributed by atoms with van der Waals surface area (Å²) in [4.78, 5) is 23.1. The molecule has 0 aromatic carbocycles. The summed E-state index contributed by atoms with van der Waals surface area (Å²) in [5.41, 5.74) is 10.6. The first-order valence-electron chi connectivity index (χ1n) is 6.82. The lowest BCUT2D eigenvalue weighted by atomic mass is 9.84. The van der Waals surface area contributed by atoms with Crippen LogP contribution < -0.4 is 16.8 Å². The minimum absolute atomic E-state index is 0.0295. The van der Waals surface area contributed by atoms with Gasteiger partial charge < -0.3 is 16.8 Å². The van der Waals surface area contributed by atoms with E-state index in [-0.39, 0.29) is 23.8 Å². The van der Waals surface area contributed by atoms with Gasteiger partial charge in [0.1, 0.15) is 0 Å². The number of carbonyl (C=O) groups is 2. The number of nitrogens with one attached hydrogen (secondary N) is 1. The first kappa shape index (κ1) is 15.0. The van der Waals surface area contributed by atoms with Crippen molar-refractivity contribution >= 4 is 11.8 Å². The molecular formula is C13H25N3O2. The normalized spacial score (nSPS) is 24.6. The van der Waals surface area contributed by atoms with Gasteiger partial charge in [-0.15, -0.1) is 0 Å². The van der Waals surface area contributed by atoms with Gasteiger partial charge in [-0.1, -0.05) is 13.8 Å². The first-order chi connectivity index (χ1) is 8.42. The number of hydrogen-bond donors (Lipinski definition) is 3. The number of nitrogens with two attached hydrogens (primary N) is 2. The minimum Gasteiger partial charge on any atom is -0.369 e. The third kappa shape index (κ3) is 3.45. The highest BCUT2D eigenvalue weighted by Gasteiger charge is 2.33. The highest BCUT2D eigenvalue weighted by molar-refractivity contribution is 5.86. The van der Waals surface area contributed by atoms with Crippen LogP contribution in [0.5, 0.6) is 0 Å². The maximum atomic E-state index is 12.1. The smallest absolute Gasteiger partial charge is 0.240 e. The van der Waals surface area contributed by atoms with E-state index in [0.717, 1.165) is 25.7 Å². The second-order valence-electron chi connectivity index (χ2n) is 5.29. The van der Waals surface area contributed by atoms with Crippen LogP contribution in [0.4, 0.5) is 0 Å². The maximum Gasteiger partial charge on any atom is 0.240 e. The van der Waals surface area contributed by atoms with Gasteiger partial charge in [-0.25, -0.2) is 0 Å². The number of amides is 2. The van der Waals surface area contributed by atoms with Crippen LogP contribution in [-0.2, 0) is 9.59 Å². The molecule has 5 N–H and O–H groups in total. The molecule has 1 aliphatic carbocycles. The first-order valence-corrected chi connectivity index (χ1v) is 6.82. The quantitative estimate of drug-likeness (QED) is 0.673. The molecule has 0 saturated heterocycles. The lowest BCUT2D eigenvalue weighted by Gasteiger charge is -2.32. The maximum absolute atomic E-state index is 12.1. The topological polar surface area (TPSA) is 98.2 Å². The van der Waals surface area contributed by atoms with E-state index in [1.807, 2.05) is 13.8 Å². The van der Waals surface area contributed by atoms with Crippen molar-refractivity contribution in [3.8, 4) is 0 Å². The Morgan fingerprint density at radius 3 is 2.06 bits per heavy atom. The molecule has 0 heterocycles. The molecule has 5 heteroatoms. The molecule has 0 aromatic rings. The lowest BCUT2D eigenvalue weighted by Crippen LogP contribution is -2.56. The summed E-state index contributed by atoms with van der Waals surface area (Å²) in [6.45, 7) is 3.85. The molecule has 0 aromatic heterocycles. The molecule has 2 amide bonds. The molecule has 1 aliphatic rings. The summed E-state index contributed by atoms with van der Waals surface area (Å²) in [6, 6.07) is 0.133. The van der Waals surface area contributed by atoms with Crippen LogP contribution in [0.15, 0.2) is 0 Å². The Bertz CT molecular complexity index is 305. The summed E-state index contributed by atoms with van der Waals surface area (Å²) in [6.07, 6.45) is 4.40. The lowest BCUT2D eigenvalue weighted by molar-refractivity contribution is -0.127. The van der Waals surface area contributed by atoms with Crippen molar-refractivity contribution in [1.29, 1.82) is 0 Å². The molecule has 0 aliphatic heterocycles. The van der Waals surface area contributed by atoms with E-state index in [2.05, 4.69) is 5.32 Å². The Balaban J connectivity index is 2.46. The Morgan fingerprint density at radius 1 is 1.17 bits per heavy atom. The zero-order valence-corrected chi connectivity index (χ0v) is 11.4. The van der Waals surface area contributed by atoms with Gasteiger partial charge in [-0.05, 0) is 38.5 Å². The number of hydrogen-bond acceptors (Lipinski definition) is 3. The molecule has 0 atom stereocenters. The minimum atomic E-state index is -0.763. The van der Waals surface area contributed by atoms with Gasteiger partial charge in [-0.2, -0.15) is 0 Å². The van der Waals surface area contributed by atoms with Crippen molar-refractivity contribution in [3.05, 3.63) is 0 Å². The zero-order chi connectivity index (χ0) is 13.8. The standard InChI is InChI=1S/C13H25N3O2/c1-3-13(15,4-2)12(18)16-10-7-5-9(6-8-10)11(14)17/h9-10H,3-8,15H2,1-2H3,(H2,14,17)(H,16,18). The Hall–Kier alpha value is -1.10. The fourth-order valence-electron chi connectivity index (χ4n) is 2.42. The van der Waals surface area contributed by atoms with Crippen LogP contribution >= 0.6 is 0 Å². The summed E-state index contributed by atoms with van der Waals surface area (Å²) >= 11 is 0. The van der Waals surface area contributed by atoms with Crippen molar-refractivity contribution < 1.29 is 9.59 Å². The molecule has 0 radical (unpaired) electrons. The molecule has 104 valence electrons. The highest BCUT2D eigenvalue weighted by Crippen LogP contribution is 2.24. The van der Waals surface area contributed by atoms with Gasteiger partial charge in [0.15, 0.2) is 0 Å². The third-order valence-corrected chi connectivity index (χ3v) is 4.18. The molecule has 0 bridgehead atoms. The highest BCUT2D eigenvalue weighted by atomic mass is 16.2. The molecule has 1 saturated carbocycles. The zero-order valence-electron chi connectivity index (χ0n) is 11.4. The molecule has 5 nitrogen and oxygen atoms in total. The van der Waals surface area contributed by atoms with E-state index in [1.54, 1.807) is 0 Å². The van der Waals surface area contributed by atoms with E-state index >= 15 is 0 Å². The molecule has 1 rings (SSSR count). The summed E-state index contributed by atoms with van der Waals surface area (Å²) < 4.78 is 0. The Kier molecular flexibility index (Phi) is 5.14. The average molecular weight is 255 g/mol. The summed E-state index contributed by atoms with van der Waals surface area (Å²) in [7, 11) is 0. The molecular weight excluding hydrogens is 230 g/mol. The monoisotopic (exact) mass is 255 g/mol. The van der Waals surface area contributed by atoms with Gasteiger partial charge in [0.05, 0.1) is 5.54 Å². The van der Waals surface area contributed by atoms with Crippen LogP contribution in [-0.4, -0.2) is 23.4 Å². The molecule has 0 spiro atoms. The van der Waals surface area contributed by atoms with Gasteiger partial charge in [0.2, 0.25) is 11.8 Å². The van der Waals surface area contributed by atoms with Crippen molar-refractivity contribution in [2.75, 3.05) is 0 Å². The van der Waals surface area contributed by atoms with E-state index in [1.165, 1.54) is 0 Å². The van der Waals surface area contributed by atoms with Crippen LogP contribution in [0.25, 0.3) is 0 Å². The van der Waals surface area contributed by atoms with Crippen molar-refractivity contribution in [2.24, 2.45) is 17.4 Å². The molecule has 18 heavy (non-hydrogen) atoms. The largest absolute Gasteiger partial charge is 0.369 e. The van der Waals surface area contributed by atoms with E-state index in [0.29, 0.717) is 12.8 Å². The van der Waals surface area contributed by atoms with Gasteiger partial charge >= 0.3 is 0 Å². The van der Waals surface area contributed by atoms with Gasteiger partial charge in [0.25, 0.3) is 0 Å². The molecule has 0 unspecified atom stereocenters. The van der Waals surface area contributed by atoms with Crippen molar-refractivity contribution in [1.82, 2.24) is 5.32 Å². The Morgan fingerprint density at radius 2 is 1.67 bits per heavy atom. The SMILES string of the molecule is CCC(N)(CC)C(=O)NC1CCC(C(N)=O)CC1. The van der Waals surface area contributed by atoms with Crippen LogP contribution in [0.2, 0.25) is 0 Å². The van der Waals surface area contributed by atoms with Crippen molar-refractivity contribution in [3.63, 3.8) is 0 Å². The van der Waals surface area contributed by atoms with Crippen LogP contribution in [0.3, 0.4) is 0 Å². The van der Waals surface area contributed by atoms with Crippen LogP contribution in [0, 0.1) is 5.92 Å². The van der Waals surface area contributed by atoms with Crippen molar-refractivity contribution in [2.45, 2.75) is 64.0 Å². The Labute approximate surface area is 109 Å². The fraction of sp³-hybridized carbons (Fsp3) is 0.846. The second kappa shape index (κ2) is 6.18. The van der Waals surface area contributed by atoms with E-state index in [9.17, 15) is 9.59 Å². The number of primary amides is 1. The third-order valence-electron chi connectivity index (χ3n) is 4.18. The predicted octanol–water partition coefficient (Wildman–Crippen LogP) is 0.664. The van der Waals surface area contributed by atoms with Gasteiger partial charge in [-0.3, -0.25) is 9.59 Å². The number of carbonyl (C=O) groups excluding carboxylic acids is 2. The fourth-order valence-corrected chi connectivity index (χ4v) is 2.42. The van der Waals surface area contributed by atoms with E-state index in [4.69, 9.17) is 11.5 Å². The van der Waals surface area contributed by atoms with E-state index < -0.39 is 5.54 Å². The van der Waals surface area contributed by atoms with Gasteiger partial charge in [0, 0.05) is 12.0 Å². The summed E-state index contributed by atoms with van der Waals surface area (Å²) in [5.74, 6) is -0.330. The number of rotatable bonds is 5. The molecule has 1 fully saturated rings.